The Morgan fingerprint density at radius 3 is 1.75 bits per heavy atom. The summed E-state index contributed by atoms with van der Waals surface area (Å²) < 4.78 is 189. The zero-order valence-corrected chi connectivity index (χ0v) is 21.9. The molecule has 36 heavy (non-hydrogen) atoms. The Morgan fingerprint density at radius 2 is 1.28 bits per heavy atom. The second kappa shape index (κ2) is 10.1. The minimum atomic E-state index is -7.24. The van der Waals surface area contributed by atoms with Crippen LogP contribution >= 0.6 is 0 Å². The van der Waals surface area contributed by atoms with Gasteiger partial charge in [-0.25, -0.2) is 25.3 Å². The Kier molecular flexibility index (Phi) is 8.89. The van der Waals surface area contributed by atoms with E-state index in [4.69, 9.17) is 4.55 Å². The molecular weight excluding hydrogens is 590 g/mol. The molecule has 1 N–H and O–H groups in total. The maximum Gasteiger partial charge on any atom is 0.439 e. The van der Waals surface area contributed by atoms with E-state index < -0.39 is 89.7 Å². The van der Waals surface area contributed by atoms with E-state index in [0.29, 0.717) is 19.3 Å². The average molecular weight is 617 g/mol. The van der Waals surface area contributed by atoms with Crippen LogP contribution in [0.25, 0.3) is 0 Å². The van der Waals surface area contributed by atoms with E-state index >= 15 is 0 Å². The first-order valence-corrected chi connectivity index (χ1v) is 17.2. The fourth-order valence-electron chi connectivity index (χ4n) is 4.42. The standard InChI is InChI=1S/C17H26F6O9S4/c18-15(19,17(22,23)36(30,31)32)16(20,21)34(26,27)11-14(10-13-8-4-5-9-33(13,24)25)35(28,29)12-6-2-1-3-7-12/h12-14H,1-11H2,(H,30,31,32). The second-order valence-corrected chi connectivity index (χ2v) is 17.5. The van der Waals surface area contributed by atoms with E-state index in [1.165, 1.54) is 0 Å². The Morgan fingerprint density at radius 1 is 0.778 bits per heavy atom. The molecule has 1 saturated carbocycles. The van der Waals surface area contributed by atoms with Gasteiger partial charge < -0.3 is 0 Å². The molecule has 0 aromatic rings. The molecule has 2 unspecified atom stereocenters. The summed E-state index contributed by atoms with van der Waals surface area (Å²) in [4.78, 5) is 0. The van der Waals surface area contributed by atoms with E-state index in [-0.39, 0.29) is 32.1 Å². The number of hydrogen-bond acceptors (Lipinski definition) is 8. The van der Waals surface area contributed by atoms with Gasteiger partial charge in [-0.05, 0) is 32.1 Å². The second-order valence-electron chi connectivity index (χ2n) is 9.06. The third-order valence-electron chi connectivity index (χ3n) is 6.57. The van der Waals surface area contributed by atoms with Crippen LogP contribution in [0.2, 0.25) is 0 Å². The largest absolute Gasteiger partial charge is 0.439 e. The first-order valence-electron chi connectivity index (χ1n) is 10.8. The molecule has 214 valence electrons. The summed E-state index contributed by atoms with van der Waals surface area (Å²) in [6, 6.07) is 0. The molecule has 0 aromatic carbocycles. The summed E-state index contributed by atoms with van der Waals surface area (Å²) in [6.45, 7) is 0. The predicted octanol–water partition coefficient (Wildman–Crippen LogP) is 2.58. The number of hydrogen-bond donors (Lipinski definition) is 1. The van der Waals surface area contributed by atoms with Crippen LogP contribution in [0.1, 0.15) is 57.8 Å². The van der Waals surface area contributed by atoms with Crippen LogP contribution in [-0.2, 0) is 39.6 Å². The molecule has 19 heteroatoms. The summed E-state index contributed by atoms with van der Waals surface area (Å²) in [6.07, 6.45) is 0.477. The zero-order chi connectivity index (χ0) is 28.0. The molecule has 1 aliphatic carbocycles. The van der Waals surface area contributed by atoms with E-state index in [2.05, 4.69) is 0 Å². The Hall–Kier alpha value is -0.660. The van der Waals surface area contributed by atoms with Crippen molar-refractivity contribution in [2.24, 2.45) is 0 Å². The van der Waals surface area contributed by atoms with Gasteiger partial charge in [0.25, 0.3) is 0 Å². The first-order chi connectivity index (χ1) is 16.0. The topological polar surface area (TPSA) is 157 Å². The van der Waals surface area contributed by atoms with Crippen LogP contribution in [-0.4, -0.2) is 81.9 Å². The summed E-state index contributed by atoms with van der Waals surface area (Å²) in [5.41, 5.74) is 0. The molecule has 2 atom stereocenters. The van der Waals surface area contributed by atoms with Crippen molar-refractivity contribution in [1.29, 1.82) is 0 Å². The van der Waals surface area contributed by atoms with Gasteiger partial charge >= 0.3 is 26.5 Å². The lowest BCUT2D eigenvalue weighted by molar-refractivity contribution is -0.245. The van der Waals surface area contributed by atoms with Gasteiger partial charge in [-0.2, -0.15) is 34.8 Å². The number of alkyl halides is 6. The third kappa shape index (κ3) is 5.68. The highest BCUT2D eigenvalue weighted by molar-refractivity contribution is 7.96. The molecule has 0 spiro atoms. The highest BCUT2D eigenvalue weighted by Gasteiger charge is 2.82. The van der Waals surface area contributed by atoms with Gasteiger partial charge in [0, 0.05) is 0 Å². The van der Waals surface area contributed by atoms with Crippen molar-refractivity contribution < 1.29 is 64.6 Å². The molecule has 0 bridgehead atoms. The number of halogens is 6. The van der Waals surface area contributed by atoms with Gasteiger partial charge in [-0.1, -0.05) is 25.7 Å². The smallest absolute Gasteiger partial charge is 0.281 e. The van der Waals surface area contributed by atoms with Crippen LogP contribution in [0.5, 0.6) is 0 Å². The molecule has 1 saturated heterocycles. The molecular formula is C17H26F6O9S4. The van der Waals surface area contributed by atoms with Gasteiger partial charge in [-0.15, -0.1) is 0 Å². The maximum atomic E-state index is 14.4. The van der Waals surface area contributed by atoms with Crippen LogP contribution in [0.3, 0.4) is 0 Å². The lowest BCUT2D eigenvalue weighted by atomic mass is 10.0. The van der Waals surface area contributed by atoms with Crippen LogP contribution in [0, 0.1) is 0 Å². The quantitative estimate of drug-likeness (QED) is 0.288. The van der Waals surface area contributed by atoms with Crippen molar-refractivity contribution in [2.45, 2.75) is 90.0 Å². The molecule has 0 amide bonds. The van der Waals surface area contributed by atoms with E-state index in [1.807, 2.05) is 0 Å². The van der Waals surface area contributed by atoms with Crippen molar-refractivity contribution in [2.75, 3.05) is 11.5 Å². The third-order valence-corrected chi connectivity index (χ3v) is 14.6. The maximum absolute atomic E-state index is 14.4. The molecule has 2 rings (SSSR count). The monoisotopic (exact) mass is 616 g/mol. The van der Waals surface area contributed by atoms with Crippen molar-refractivity contribution in [3.63, 3.8) is 0 Å². The number of rotatable bonds is 10. The lowest BCUT2D eigenvalue weighted by Gasteiger charge is -2.33. The fraction of sp³-hybridized carbons (Fsp3) is 1.00. The van der Waals surface area contributed by atoms with Crippen LogP contribution in [0.4, 0.5) is 26.3 Å². The van der Waals surface area contributed by atoms with Gasteiger partial charge in [0.05, 0.1) is 27.3 Å². The van der Waals surface area contributed by atoms with E-state index in [1.54, 1.807) is 0 Å². The van der Waals surface area contributed by atoms with Crippen LogP contribution in [0.15, 0.2) is 0 Å². The molecule has 0 radical (unpaired) electrons. The lowest BCUT2D eigenvalue weighted by Crippen LogP contribution is -2.61. The summed E-state index contributed by atoms with van der Waals surface area (Å²) in [5, 5.41) is -19.1. The Balaban J connectivity index is 2.55. The fourth-order valence-corrected chi connectivity index (χ4v) is 11.7. The highest BCUT2D eigenvalue weighted by Crippen LogP contribution is 2.51. The normalized spacial score (nSPS) is 24.4. The summed E-state index contributed by atoms with van der Waals surface area (Å²) in [7, 11) is -22.9. The molecule has 2 fully saturated rings. The van der Waals surface area contributed by atoms with Gasteiger partial charge in [-0.3, -0.25) is 4.55 Å². The Bertz CT molecular complexity index is 1240. The average Bonchev–Trinajstić information content (AvgIpc) is 2.73. The number of sulfone groups is 3. The molecule has 0 aromatic heterocycles. The van der Waals surface area contributed by atoms with E-state index in [9.17, 15) is 60.0 Å². The van der Waals surface area contributed by atoms with Gasteiger partial charge in [0.1, 0.15) is 0 Å². The van der Waals surface area contributed by atoms with Crippen molar-refractivity contribution in [1.82, 2.24) is 0 Å². The van der Waals surface area contributed by atoms with Gasteiger partial charge in [0.2, 0.25) is 9.84 Å². The van der Waals surface area contributed by atoms with Crippen molar-refractivity contribution in [3.05, 3.63) is 0 Å². The highest BCUT2D eigenvalue weighted by atomic mass is 32.2. The van der Waals surface area contributed by atoms with Crippen molar-refractivity contribution in [3.8, 4) is 0 Å². The molecule has 9 nitrogen and oxygen atoms in total. The van der Waals surface area contributed by atoms with Crippen LogP contribution < -0.4 is 0 Å². The first kappa shape index (κ1) is 31.6. The minimum absolute atomic E-state index is 0.0380. The zero-order valence-electron chi connectivity index (χ0n) is 18.6. The van der Waals surface area contributed by atoms with Crippen molar-refractivity contribution >= 4 is 39.6 Å². The summed E-state index contributed by atoms with van der Waals surface area (Å²) >= 11 is 0. The minimum Gasteiger partial charge on any atom is -0.281 e. The molecule has 1 heterocycles. The summed E-state index contributed by atoms with van der Waals surface area (Å²) in [5.74, 6) is -9.97. The predicted molar refractivity (Wildman–Crippen MR) is 116 cm³/mol. The van der Waals surface area contributed by atoms with Gasteiger partial charge in [0.15, 0.2) is 19.7 Å². The van der Waals surface area contributed by atoms with E-state index in [0.717, 1.165) is 0 Å². The molecule has 2 aliphatic rings. The Labute approximate surface area is 205 Å². The molecule has 1 aliphatic heterocycles. The SMILES string of the molecule is O=S1(=O)CCCCC1CC(CS(=O)(=O)C(F)(F)C(F)(F)C(F)(F)S(=O)(=O)O)S(=O)(=O)C1CCCCC1.